The molecule has 0 aliphatic carbocycles. The van der Waals surface area contributed by atoms with E-state index in [0.29, 0.717) is 12.4 Å². The highest BCUT2D eigenvalue weighted by atomic mass is 79.9. The number of hydrogen-bond donors (Lipinski definition) is 1. The highest BCUT2D eigenvalue weighted by Crippen LogP contribution is 2.25. The van der Waals surface area contributed by atoms with Gasteiger partial charge in [0, 0.05) is 10.0 Å². The largest absolute Gasteiger partial charge is 0.439 e. The second-order valence-electron chi connectivity index (χ2n) is 3.23. The second-order valence-corrected chi connectivity index (χ2v) is 4.15. The van der Waals surface area contributed by atoms with Gasteiger partial charge in [-0.15, -0.1) is 0 Å². The third-order valence-corrected chi connectivity index (χ3v) is 2.65. The molecule has 0 atom stereocenters. The number of rotatable bonds is 2. The number of halogens is 1. The van der Waals surface area contributed by atoms with Crippen molar-refractivity contribution >= 4 is 15.9 Å². The molecule has 0 amide bonds. The normalized spacial score (nSPS) is 10.6. The lowest BCUT2D eigenvalue weighted by atomic mass is 10.1. The van der Waals surface area contributed by atoms with Gasteiger partial charge in [-0.05, 0) is 19.1 Å². The molecule has 0 unspecified atom stereocenters. The van der Waals surface area contributed by atoms with Crippen LogP contribution in [0.4, 0.5) is 0 Å². The predicted molar refractivity (Wildman–Crippen MR) is 62.3 cm³/mol. The van der Waals surface area contributed by atoms with Crippen molar-refractivity contribution in [2.45, 2.75) is 13.5 Å². The molecule has 2 aromatic rings. The standard InChI is InChI=1S/C11H11BrN2O/c1-7-11(15-10(6-13)14-7)8-2-4-9(12)5-3-8/h2-5H,6,13H2,1H3. The molecule has 1 aromatic heterocycles. The predicted octanol–water partition coefficient (Wildman–Crippen LogP) is 2.87. The molecule has 3 nitrogen and oxygen atoms in total. The topological polar surface area (TPSA) is 52.0 Å². The van der Waals surface area contributed by atoms with Crippen molar-refractivity contribution in [3.8, 4) is 11.3 Å². The van der Waals surface area contributed by atoms with E-state index in [1.165, 1.54) is 0 Å². The Morgan fingerprint density at radius 2 is 2.00 bits per heavy atom. The number of aromatic nitrogens is 1. The van der Waals surface area contributed by atoms with Crippen LogP contribution < -0.4 is 5.73 Å². The Hall–Kier alpha value is -1.13. The minimum absolute atomic E-state index is 0.331. The Kier molecular flexibility index (Phi) is 2.88. The summed E-state index contributed by atoms with van der Waals surface area (Å²) in [6.45, 7) is 2.25. The van der Waals surface area contributed by atoms with Crippen LogP contribution in [0.2, 0.25) is 0 Å². The third kappa shape index (κ3) is 2.11. The van der Waals surface area contributed by atoms with E-state index in [0.717, 1.165) is 21.5 Å². The summed E-state index contributed by atoms with van der Waals surface area (Å²) in [5.74, 6) is 1.37. The Balaban J connectivity index is 2.44. The summed E-state index contributed by atoms with van der Waals surface area (Å²) in [6.07, 6.45) is 0. The minimum atomic E-state index is 0.331. The van der Waals surface area contributed by atoms with E-state index in [4.69, 9.17) is 10.2 Å². The van der Waals surface area contributed by atoms with Gasteiger partial charge >= 0.3 is 0 Å². The number of nitrogens with two attached hydrogens (primary N) is 1. The monoisotopic (exact) mass is 266 g/mol. The summed E-state index contributed by atoms with van der Waals surface area (Å²) in [7, 11) is 0. The fourth-order valence-corrected chi connectivity index (χ4v) is 1.67. The molecule has 2 rings (SSSR count). The minimum Gasteiger partial charge on any atom is -0.439 e. The zero-order valence-corrected chi connectivity index (χ0v) is 9.91. The molecule has 0 aliphatic rings. The maximum absolute atomic E-state index is 5.54. The van der Waals surface area contributed by atoms with Crippen LogP contribution in [-0.2, 0) is 6.54 Å². The molecule has 0 fully saturated rings. The Bertz CT molecular complexity index is 462. The first-order chi connectivity index (χ1) is 7.20. The summed E-state index contributed by atoms with van der Waals surface area (Å²) in [5.41, 5.74) is 7.36. The van der Waals surface area contributed by atoms with Crippen molar-refractivity contribution < 1.29 is 4.42 Å². The van der Waals surface area contributed by atoms with Crippen molar-refractivity contribution in [2.75, 3.05) is 0 Å². The molecular formula is C11H11BrN2O. The van der Waals surface area contributed by atoms with E-state index in [1.807, 2.05) is 31.2 Å². The second kappa shape index (κ2) is 4.16. The van der Waals surface area contributed by atoms with Crippen LogP contribution in [0.3, 0.4) is 0 Å². The molecule has 0 saturated heterocycles. The Labute approximate surface area is 96.4 Å². The molecule has 0 spiro atoms. The van der Waals surface area contributed by atoms with Gasteiger partial charge < -0.3 is 10.2 Å². The molecule has 78 valence electrons. The molecule has 0 saturated carbocycles. The van der Waals surface area contributed by atoms with E-state index >= 15 is 0 Å². The van der Waals surface area contributed by atoms with E-state index in [1.54, 1.807) is 0 Å². The van der Waals surface area contributed by atoms with Crippen LogP contribution >= 0.6 is 15.9 Å². The lowest BCUT2D eigenvalue weighted by molar-refractivity contribution is 0.509. The van der Waals surface area contributed by atoms with Crippen LogP contribution in [0.5, 0.6) is 0 Å². The first kappa shape index (κ1) is 10.4. The Morgan fingerprint density at radius 3 is 2.53 bits per heavy atom. The summed E-state index contributed by atoms with van der Waals surface area (Å²) < 4.78 is 6.58. The van der Waals surface area contributed by atoms with Gasteiger partial charge in [0.25, 0.3) is 0 Å². The van der Waals surface area contributed by atoms with Gasteiger partial charge in [0.05, 0.1) is 12.2 Å². The third-order valence-electron chi connectivity index (χ3n) is 2.12. The summed E-state index contributed by atoms with van der Waals surface area (Å²) >= 11 is 3.39. The van der Waals surface area contributed by atoms with E-state index in [2.05, 4.69) is 20.9 Å². The SMILES string of the molecule is Cc1nc(CN)oc1-c1ccc(Br)cc1. The van der Waals surface area contributed by atoms with Gasteiger partial charge in [0.2, 0.25) is 5.89 Å². The Morgan fingerprint density at radius 1 is 1.33 bits per heavy atom. The number of aryl methyl sites for hydroxylation is 1. The van der Waals surface area contributed by atoms with Gasteiger partial charge in [-0.2, -0.15) is 0 Å². The molecule has 0 bridgehead atoms. The van der Waals surface area contributed by atoms with Crippen LogP contribution in [-0.4, -0.2) is 4.98 Å². The van der Waals surface area contributed by atoms with Crippen LogP contribution in [0.25, 0.3) is 11.3 Å². The lowest BCUT2D eigenvalue weighted by Crippen LogP contribution is -1.95. The molecule has 1 aromatic carbocycles. The molecule has 0 aliphatic heterocycles. The first-order valence-electron chi connectivity index (χ1n) is 4.63. The van der Waals surface area contributed by atoms with Gasteiger partial charge in [-0.25, -0.2) is 4.98 Å². The summed E-state index contributed by atoms with van der Waals surface area (Å²) in [5, 5.41) is 0. The molecular weight excluding hydrogens is 256 g/mol. The van der Waals surface area contributed by atoms with Gasteiger partial charge in [-0.1, -0.05) is 28.1 Å². The van der Waals surface area contributed by atoms with E-state index in [-0.39, 0.29) is 0 Å². The maximum atomic E-state index is 5.54. The first-order valence-corrected chi connectivity index (χ1v) is 5.42. The quantitative estimate of drug-likeness (QED) is 0.910. The van der Waals surface area contributed by atoms with E-state index in [9.17, 15) is 0 Å². The number of benzene rings is 1. The highest BCUT2D eigenvalue weighted by molar-refractivity contribution is 9.10. The van der Waals surface area contributed by atoms with Crippen molar-refractivity contribution in [1.29, 1.82) is 0 Å². The fourth-order valence-electron chi connectivity index (χ4n) is 1.41. The number of hydrogen-bond acceptors (Lipinski definition) is 3. The van der Waals surface area contributed by atoms with Gasteiger partial charge in [-0.3, -0.25) is 0 Å². The maximum Gasteiger partial charge on any atom is 0.208 e. The summed E-state index contributed by atoms with van der Waals surface area (Å²) in [6, 6.07) is 7.91. The van der Waals surface area contributed by atoms with Crippen molar-refractivity contribution in [3.63, 3.8) is 0 Å². The number of oxazole rings is 1. The lowest BCUT2D eigenvalue weighted by Gasteiger charge is -1.97. The number of nitrogens with zero attached hydrogens (tertiary/aromatic N) is 1. The van der Waals surface area contributed by atoms with Crippen molar-refractivity contribution in [1.82, 2.24) is 4.98 Å². The molecule has 4 heteroatoms. The van der Waals surface area contributed by atoms with Crippen LogP contribution in [0.15, 0.2) is 33.2 Å². The fraction of sp³-hybridized carbons (Fsp3) is 0.182. The molecule has 0 radical (unpaired) electrons. The van der Waals surface area contributed by atoms with Gasteiger partial charge in [0.15, 0.2) is 5.76 Å². The smallest absolute Gasteiger partial charge is 0.208 e. The highest BCUT2D eigenvalue weighted by Gasteiger charge is 2.10. The van der Waals surface area contributed by atoms with Crippen molar-refractivity contribution in [2.24, 2.45) is 5.73 Å². The molecule has 1 heterocycles. The van der Waals surface area contributed by atoms with Crippen LogP contribution in [0, 0.1) is 6.92 Å². The molecule has 2 N–H and O–H groups in total. The summed E-state index contributed by atoms with van der Waals surface area (Å²) in [4.78, 5) is 4.22. The zero-order chi connectivity index (χ0) is 10.8. The molecule has 15 heavy (non-hydrogen) atoms. The van der Waals surface area contributed by atoms with E-state index < -0.39 is 0 Å². The average Bonchev–Trinajstić information content (AvgIpc) is 2.61. The van der Waals surface area contributed by atoms with Crippen LogP contribution in [0.1, 0.15) is 11.6 Å². The van der Waals surface area contributed by atoms with Gasteiger partial charge in [0.1, 0.15) is 0 Å². The average molecular weight is 267 g/mol. The van der Waals surface area contributed by atoms with Crippen molar-refractivity contribution in [3.05, 3.63) is 40.3 Å². The zero-order valence-electron chi connectivity index (χ0n) is 8.33.